The quantitative estimate of drug-likeness (QED) is 0.740. The number of nitrogens with one attached hydrogen (secondary N) is 2. The van der Waals surface area contributed by atoms with Crippen LogP contribution >= 0.6 is 0 Å². The molecule has 22 heavy (non-hydrogen) atoms. The number of hydrogen-bond acceptors (Lipinski definition) is 5. The Kier molecular flexibility index (Phi) is 7.18. The minimum atomic E-state index is -0.750. The third-order valence-electron chi connectivity index (χ3n) is 2.92. The van der Waals surface area contributed by atoms with Gasteiger partial charge >= 0.3 is 6.09 Å². The molecule has 0 aliphatic rings. The van der Waals surface area contributed by atoms with Gasteiger partial charge in [0.25, 0.3) is 5.91 Å². The molecule has 0 bridgehead atoms. The zero-order valence-corrected chi connectivity index (χ0v) is 13.4. The van der Waals surface area contributed by atoms with E-state index in [-0.39, 0.29) is 12.5 Å². The lowest BCUT2D eigenvalue weighted by Crippen LogP contribution is -3.08. The maximum absolute atomic E-state index is 11.6. The Bertz CT molecular complexity index is 519. The van der Waals surface area contributed by atoms with Gasteiger partial charge in [0.2, 0.25) is 0 Å². The molecule has 0 spiro atoms. The summed E-state index contributed by atoms with van der Waals surface area (Å²) < 4.78 is 15.1. The van der Waals surface area contributed by atoms with E-state index in [1.54, 1.807) is 7.11 Å². The number of benzene rings is 1. The van der Waals surface area contributed by atoms with Gasteiger partial charge in [-0.1, -0.05) is 0 Å². The number of alkyl carbamates (subject to hydrolysis) is 1. The molecule has 0 saturated carbocycles. The SMILES string of the molecule is CCOc1ccc(C[NH+](C)CC(=O)NC(=O)OC)cc1OC. The molecule has 1 unspecified atom stereocenters. The van der Waals surface area contributed by atoms with E-state index in [1.807, 2.05) is 32.2 Å². The number of imide groups is 1. The van der Waals surface area contributed by atoms with Gasteiger partial charge in [0.05, 0.1) is 27.9 Å². The molecule has 2 amide bonds. The number of quaternary nitrogens is 1. The Morgan fingerprint density at radius 1 is 1.23 bits per heavy atom. The van der Waals surface area contributed by atoms with Crippen molar-refractivity contribution < 1.29 is 28.7 Å². The fourth-order valence-electron chi connectivity index (χ4n) is 1.99. The second-order valence-corrected chi connectivity index (χ2v) is 4.77. The van der Waals surface area contributed by atoms with Gasteiger partial charge in [-0.3, -0.25) is 10.1 Å². The van der Waals surface area contributed by atoms with Gasteiger partial charge < -0.3 is 19.1 Å². The Balaban J connectivity index is 2.62. The maximum atomic E-state index is 11.6. The molecule has 1 rings (SSSR count). The molecule has 0 radical (unpaired) electrons. The molecule has 1 aromatic carbocycles. The van der Waals surface area contributed by atoms with Crippen molar-refractivity contribution in [2.45, 2.75) is 13.5 Å². The second kappa shape index (κ2) is 8.89. The molecule has 0 aliphatic carbocycles. The summed E-state index contributed by atoms with van der Waals surface area (Å²) >= 11 is 0. The Morgan fingerprint density at radius 3 is 2.55 bits per heavy atom. The zero-order chi connectivity index (χ0) is 16.5. The zero-order valence-electron chi connectivity index (χ0n) is 13.4. The maximum Gasteiger partial charge on any atom is 0.413 e. The van der Waals surface area contributed by atoms with Gasteiger partial charge in [0.1, 0.15) is 6.54 Å². The molecule has 7 heteroatoms. The Labute approximate surface area is 130 Å². The minimum absolute atomic E-state index is 0.157. The standard InChI is InChI=1S/C15H22N2O5/c1-5-22-12-7-6-11(8-13(12)20-3)9-17(2)10-14(18)16-15(19)21-4/h6-8H,5,9-10H2,1-4H3,(H,16,18,19)/p+1. The minimum Gasteiger partial charge on any atom is -0.493 e. The van der Waals surface area contributed by atoms with Crippen LogP contribution in [0.4, 0.5) is 4.79 Å². The monoisotopic (exact) mass is 311 g/mol. The van der Waals surface area contributed by atoms with Crippen LogP contribution in [-0.2, 0) is 16.1 Å². The van der Waals surface area contributed by atoms with Crippen molar-refractivity contribution in [1.82, 2.24) is 5.32 Å². The van der Waals surface area contributed by atoms with Crippen LogP contribution in [0.3, 0.4) is 0 Å². The highest BCUT2D eigenvalue weighted by Crippen LogP contribution is 2.27. The van der Waals surface area contributed by atoms with E-state index in [4.69, 9.17) is 9.47 Å². The Morgan fingerprint density at radius 2 is 1.95 bits per heavy atom. The number of methoxy groups -OCH3 is 2. The van der Waals surface area contributed by atoms with E-state index in [9.17, 15) is 9.59 Å². The first-order valence-electron chi connectivity index (χ1n) is 6.99. The van der Waals surface area contributed by atoms with Crippen LogP contribution in [0.1, 0.15) is 12.5 Å². The summed E-state index contributed by atoms with van der Waals surface area (Å²) in [5.74, 6) is 0.961. The van der Waals surface area contributed by atoms with Crippen LogP contribution in [0.5, 0.6) is 11.5 Å². The van der Waals surface area contributed by atoms with Gasteiger partial charge in [0, 0.05) is 5.56 Å². The average Bonchev–Trinajstić information content (AvgIpc) is 2.48. The summed E-state index contributed by atoms with van der Waals surface area (Å²) in [6.07, 6.45) is -0.750. The number of rotatable bonds is 7. The van der Waals surface area contributed by atoms with Crippen LogP contribution < -0.4 is 19.7 Å². The summed E-state index contributed by atoms with van der Waals surface area (Å²) in [5, 5.41) is 2.13. The number of carbonyl (C=O) groups is 2. The number of hydrogen-bond donors (Lipinski definition) is 2. The van der Waals surface area contributed by atoms with Crippen LogP contribution in [0.25, 0.3) is 0 Å². The lowest BCUT2D eigenvalue weighted by Gasteiger charge is -2.15. The fourth-order valence-corrected chi connectivity index (χ4v) is 1.99. The molecule has 1 aromatic rings. The van der Waals surface area contributed by atoms with Gasteiger partial charge in [-0.25, -0.2) is 4.79 Å². The molecule has 7 nitrogen and oxygen atoms in total. The molecule has 2 N–H and O–H groups in total. The second-order valence-electron chi connectivity index (χ2n) is 4.77. The fraction of sp³-hybridized carbons (Fsp3) is 0.467. The predicted molar refractivity (Wildman–Crippen MR) is 80.2 cm³/mol. The van der Waals surface area contributed by atoms with Crippen molar-refractivity contribution in [1.29, 1.82) is 0 Å². The van der Waals surface area contributed by atoms with Gasteiger partial charge in [0.15, 0.2) is 18.0 Å². The number of carbonyl (C=O) groups excluding carboxylic acids is 2. The van der Waals surface area contributed by atoms with Crippen LogP contribution in [-0.4, -0.2) is 46.4 Å². The molecular weight excluding hydrogens is 288 g/mol. The topological polar surface area (TPSA) is 78.3 Å². The molecular formula is C15H23N2O5+. The molecule has 122 valence electrons. The summed E-state index contributed by atoms with van der Waals surface area (Å²) in [4.78, 5) is 23.5. The van der Waals surface area contributed by atoms with E-state index in [2.05, 4.69) is 10.1 Å². The van der Waals surface area contributed by atoms with Gasteiger partial charge in [-0.15, -0.1) is 0 Å². The summed E-state index contributed by atoms with van der Waals surface area (Å²) in [6.45, 7) is 3.24. The Hall–Kier alpha value is -2.28. The first-order valence-corrected chi connectivity index (χ1v) is 6.99. The third-order valence-corrected chi connectivity index (χ3v) is 2.92. The number of likely N-dealkylation sites (N-methyl/N-ethyl adjacent to an activating group) is 1. The lowest BCUT2D eigenvalue weighted by atomic mass is 10.2. The van der Waals surface area contributed by atoms with Crippen LogP contribution in [0.15, 0.2) is 18.2 Å². The van der Waals surface area contributed by atoms with E-state index in [1.165, 1.54) is 7.11 Å². The van der Waals surface area contributed by atoms with Crippen molar-refractivity contribution in [3.05, 3.63) is 23.8 Å². The largest absolute Gasteiger partial charge is 0.493 e. The smallest absolute Gasteiger partial charge is 0.413 e. The summed E-state index contributed by atoms with van der Waals surface area (Å²) in [5.41, 5.74) is 1.00. The molecule has 0 heterocycles. The molecule has 0 fully saturated rings. The number of ether oxygens (including phenoxy) is 3. The molecule has 0 aliphatic heterocycles. The predicted octanol–water partition coefficient (Wildman–Crippen LogP) is -0.00880. The van der Waals surface area contributed by atoms with E-state index in [0.717, 1.165) is 10.5 Å². The summed E-state index contributed by atoms with van der Waals surface area (Å²) in [7, 11) is 4.66. The van der Waals surface area contributed by atoms with E-state index >= 15 is 0 Å². The van der Waals surface area contributed by atoms with Crippen molar-refractivity contribution in [3.8, 4) is 11.5 Å². The highest BCUT2D eigenvalue weighted by molar-refractivity contribution is 5.92. The highest BCUT2D eigenvalue weighted by atomic mass is 16.5. The molecule has 0 saturated heterocycles. The van der Waals surface area contributed by atoms with Crippen molar-refractivity contribution >= 4 is 12.0 Å². The van der Waals surface area contributed by atoms with Gasteiger partial charge in [-0.2, -0.15) is 0 Å². The number of amides is 2. The first kappa shape index (κ1) is 17.8. The summed E-state index contributed by atoms with van der Waals surface area (Å²) in [6, 6.07) is 5.65. The van der Waals surface area contributed by atoms with Crippen LogP contribution in [0.2, 0.25) is 0 Å². The first-order chi connectivity index (χ1) is 10.5. The average molecular weight is 311 g/mol. The van der Waals surface area contributed by atoms with Crippen molar-refractivity contribution in [3.63, 3.8) is 0 Å². The van der Waals surface area contributed by atoms with Crippen LogP contribution in [0, 0.1) is 0 Å². The van der Waals surface area contributed by atoms with E-state index < -0.39 is 6.09 Å². The van der Waals surface area contributed by atoms with Gasteiger partial charge in [-0.05, 0) is 25.1 Å². The lowest BCUT2D eigenvalue weighted by molar-refractivity contribution is -0.885. The normalized spacial score (nSPS) is 11.5. The molecule has 1 atom stereocenters. The third kappa shape index (κ3) is 5.61. The van der Waals surface area contributed by atoms with E-state index in [0.29, 0.717) is 24.7 Å². The van der Waals surface area contributed by atoms with Crippen molar-refractivity contribution in [2.75, 3.05) is 34.4 Å². The highest BCUT2D eigenvalue weighted by Gasteiger charge is 2.14. The molecule has 0 aromatic heterocycles. The van der Waals surface area contributed by atoms with Crippen molar-refractivity contribution in [2.24, 2.45) is 0 Å².